The quantitative estimate of drug-likeness (QED) is 0.434. The average Bonchev–Trinajstić information content (AvgIpc) is 1.45. The molecule has 0 saturated carbocycles. The second-order valence-corrected chi connectivity index (χ2v) is 2.88. The minimum Gasteiger partial charge on any atom is -0.192 e. The van der Waals surface area contributed by atoms with Crippen LogP contribution in [0, 0.1) is 0 Å². The Balaban J connectivity index is -0.000000131. The average molecular weight is 291 g/mol. The van der Waals surface area contributed by atoms with Crippen molar-refractivity contribution in [2.24, 2.45) is 0 Å². The molecule has 0 aliphatic rings. The fourth-order valence-electron chi connectivity index (χ4n) is 0. The fraction of sp³-hybridized carbons (Fsp3) is 1.00. The van der Waals surface area contributed by atoms with E-state index in [2.05, 4.69) is 34.8 Å². The van der Waals surface area contributed by atoms with Gasteiger partial charge in [0, 0.05) is 6.92 Å². The van der Waals surface area contributed by atoms with E-state index in [1.807, 2.05) is 0 Å². The lowest BCUT2D eigenvalue weighted by Crippen LogP contribution is -1.92. The maximum Gasteiger partial charge on any atom is 0.475 e. The third-order valence-electron chi connectivity index (χ3n) is 0. The van der Waals surface area contributed by atoms with Crippen LogP contribution in [0.4, 0.5) is 30.7 Å². The maximum absolute atomic E-state index is 10.8. The molecule has 0 bridgehead atoms. The van der Waals surface area contributed by atoms with Crippen LogP contribution in [0.1, 0.15) is 6.92 Å². The summed E-state index contributed by atoms with van der Waals surface area (Å²) >= 11 is 11.7. The van der Waals surface area contributed by atoms with E-state index in [1.165, 1.54) is 0 Å². The molecule has 0 atom stereocenters. The van der Waals surface area contributed by atoms with Crippen LogP contribution in [-0.2, 0) is 0 Å². The van der Waals surface area contributed by atoms with Gasteiger partial charge < -0.3 is 0 Å². The second kappa shape index (κ2) is 8.67. The van der Waals surface area contributed by atoms with E-state index in [0.717, 1.165) is 0 Å². The molecule has 0 aromatic heterocycles. The predicted octanol–water partition coefficient (Wildman–Crippen LogP) is 5.03. The van der Waals surface area contributed by atoms with Crippen LogP contribution in [0.25, 0.3) is 0 Å². The van der Waals surface area contributed by atoms with Gasteiger partial charge in [0.1, 0.15) is 0 Å². The van der Waals surface area contributed by atoms with Crippen molar-refractivity contribution in [1.29, 1.82) is 0 Å². The largest absolute Gasteiger partial charge is 0.475 e. The van der Waals surface area contributed by atoms with Gasteiger partial charge >= 0.3 is 16.9 Å². The highest BCUT2D eigenvalue weighted by atomic mass is 35.5. The van der Waals surface area contributed by atoms with E-state index < -0.39 is 16.9 Å². The number of hydrogen-bond acceptors (Lipinski definition) is 0. The third-order valence-corrected chi connectivity index (χ3v) is 0. The van der Waals surface area contributed by atoms with Crippen LogP contribution >= 0.6 is 34.8 Å². The van der Waals surface area contributed by atoms with Gasteiger partial charge in [-0.25, -0.2) is 0 Å². The van der Waals surface area contributed by atoms with Crippen LogP contribution in [0.3, 0.4) is 0 Å². The van der Waals surface area contributed by atoms with Gasteiger partial charge in [-0.3, -0.25) is 0 Å². The normalized spacial score (nSPS) is 11.1. The van der Waals surface area contributed by atoms with Gasteiger partial charge in [-0.1, -0.05) is 11.6 Å². The Morgan fingerprint density at radius 1 is 0.929 bits per heavy atom. The molecule has 14 heavy (non-hydrogen) atoms. The second-order valence-electron chi connectivity index (χ2n) is 1.46. The summed E-state index contributed by atoms with van der Waals surface area (Å²) in [6.07, 6.45) is 0. The van der Waals surface area contributed by atoms with E-state index in [4.69, 9.17) is 0 Å². The highest BCUT2D eigenvalue weighted by Gasteiger charge is 2.20. The van der Waals surface area contributed by atoms with E-state index in [1.54, 1.807) is 0 Å². The summed E-state index contributed by atoms with van der Waals surface area (Å²) in [6.45, 7) is 0.620. The van der Waals surface area contributed by atoms with Crippen molar-refractivity contribution in [1.82, 2.24) is 0 Å². The molecule has 0 aliphatic heterocycles. The molecule has 0 aromatic rings. The minimum atomic E-state index is -4.53. The molecule has 0 unspecified atom stereocenters. The van der Waals surface area contributed by atoms with Crippen LogP contribution in [0.2, 0.25) is 0 Å². The molecule has 0 heterocycles. The monoisotopic (exact) mass is 290 g/mol. The molecular weight excluding hydrogens is 287 g/mol. The molecule has 0 amide bonds. The molecular formula is C4H4Cl3F7. The van der Waals surface area contributed by atoms with E-state index in [-0.39, 0.29) is 0 Å². The van der Waals surface area contributed by atoms with E-state index in [0.29, 0.717) is 6.92 Å². The Labute approximate surface area is 89.9 Å². The minimum absolute atomic E-state index is 0.620. The van der Waals surface area contributed by atoms with Crippen LogP contribution < -0.4 is 0 Å². The molecule has 0 rings (SSSR count). The highest BCUT2D eigenvalue weighted by molar-refractivity contribution is 6.21. The predicted molar refractivity (Wildman–Crippen MR) is 40.2 cm³/mol. The lowest BCUT2D eigenvalue weighted by Gasteiger charge is -1.90. The van der Waals surface area contributed by atoms with E-state index in [9.17, 15) is 30.7 Å². The zero-order chi connectivity index (χ0) is 12.6. The summed E-state index contributed by atoms with van der Waals surface area (Å²) in [5.74, 6) is -2.69. The van der Waals surface area contributed by atoms with Crippen molar-refractivity contribution in [3.63, 3.8) is 0 Å². The maximum atomic E-state index is 10.8. The summed E-state index contributed by atoms with van der Waals surface area (Å²) in [4.78, 5) is 0. The Hall–Kier alpha value is 0.380. The lowest BCUT2D eigenvalue weighted by atomic mass is 10.9. The highest BCUT2D eigenvalue weighted by Crippen LogP contribution is 2.18. The van der Waals surface area contributed by atoms with Gasteiger partial charge in [-0.05, 0) is 23.2 Å². The molecule has 0 aromatic carbocycles. The van der Waals surface area contributed by atoms with E-state index >= 15 is 0 Å². The molecule has 0 nitrogen and oxygen atoms in total. The zero-order valence-corrected chi connectivity index (χ0v) is 8.62. The molecule has 90 valence electrons. The molecule has 0 spiro atoms. The van der Waals surface area contributed by atoms with Crippen molar-refractivity contribution in [3.8, 4) is 0 Å². The van der Waals surface area contributed by atoms with Gasteiger partial charge in [0.2, 0.25) is 0 Å². The molecule has 0 saturated heterocycles. The first-order valence-corrected chi connectivity index (χ1v) is 3.67. The van der Waals surface area contributed by atoms with Crippen LogP contribution in [-0.4, -0.2) is 16.9 Å². The smallest absolute Gasteiger partial charge is 0.192 e. The third kappa shape index (κ3) is 11100. The molecule has 0 aliphatic carbocycles. The van der Waals surface area contributed by atoms with Gasteiger partial charge in [0.15, 0.2) is 0 Å². The summed E-state index contributed by atoms with van der Waals surface area (Å²) in [5, 5.41) is -3.03. The summed E-state index contributed by atoms with van der Waals surface area (Å²) in [6, 6.07) is 0. The zero-order valence-electron chi connectivity index (χ0n) is 6.36. The van der Waals surface area contributed by atoms with Crippen molar-refractivity contribution in [2.75, 3.05) is 0 Å². The number of halogens is 10. The Morgan fingerprint density at radius 3 is 0.929 bits per heavy atom. The fourth-order valence-corrected chi connectivity index (χ4v) is 0. The van der Waals surface area contributed by atoms with Crippen molar-refractivity contribution in [2.45, 2.75) is 23.8 Å². The first-order chi connectivity index (χ1) is 5.73. The topological polar surface area (TPSA) is 0 Å². The first kappa shape index (κ1) is 19.9. The number of alkyl halides is 10. The van der Waals surface area contributed by atoms with Crippen molar-refractivity contribution < 1.29 is 30.7 Å². The molecule has 0 fully saturated rings. The number of hydrogen-bond donors (Lipinski definition) is 0. The van der Waals surface area contributed by atoms with Gasteiger partial charge in [-0.15, -0.1) is 0 Å². The summed E-state index contributed by atoms with van der Waals surface area (Å²) in [7, 11) is 0. The van der Waals surface area contributed by atoms with Gasteiger partial charge in [0.25, 0.3) is 0 Å². The Kier molecular flexibility index (Phi) is 12.3. The lowest BCUT2D eigenvalue weighted by molar-refractivity contribution is -0.0420. The Bertz CT molecular complexity index is 90.3. The summed E-state index contributed by atoms with van der Waals surface area (Å²) < 4.78 is 72.1. The summed E-state index contributed by atoms with van der Waals surface area (Å²) in [5.41, 5.74) is -4.53. The Morgan fingerprint density at radius 2 is 0.929 bits per heavy atom. The van der Waals surface area contributed by atoms with Crippen molar-refractivity contribution >= 4 is 34.8 Å². The van der Waals surface area contributed by atoms with Crippen LogP contribution in [0.15, 0.2) is 0 Å². The van der Waals surface area contributed by atoms with Gasteiger partial charge in [-0.2, -0.15) is 30.7 Å². The van der Waals surface area contributed by atoms with Crippen LogP contribution in [0.5, 0.6) is 0 Å². The standard InChI is InChI=1S/C2H3ClF2.CClF3.CHClF2/c1-2(3,4)5;2-1(3,4)5;2-1(3)4/h1H3;;1H. The SMILES string of the molecule is CC(F)(F)Cl.FC(F)(F)Cl.FC(F)Cl. The van der Waals surface area contributed by atoms with Crippen molar-refractivity contribution in [3.05, 3.63) is 0 Å². The molecule has 0 radical (unpaired) electrons. The molecule has 0 N–H and O–H groups in total. The molecule has 10 heteroatoms. The first-order valence-electron chi connectivity index (χ1n) is 2.48. The number of rotatable bonds is 0. The van der Waals surface area contributed by atoms with Gasteiger partial charge in [0.05, 0.1) is 0 Å².